The zero-order valence-electron chi connectivity index (χ0n) is 11.2. The van der Waals surface area contributed by atoms with E-state index in [1.807, 2.05) is 25.1 Å². The zero-order chi connectivity index (χ0) is 12.8. The van der Waals surface area contributed by atoms with Crippen LogP contribution < -0.4 is 15.8 Å². The van der Waals surface area contributed by atoms with Crippen LogP contribution in [-0.2, 0) is 0 Å². The third-order valence-corrected chi connectivity index (χ3v) is 3.63. The van der Waals surface area contributed by atoms with Crippen molar-refractivity contribution in [2.24, 2.45) is 5.92 Å². The molecule has 0 radical (unpaired) electrons. The lowest BCUT2D eigenvalue weighted by Crippen LogP contribution is -2.17. The number of anilines is 2. The number of nitrogen functional groups attached to an aromatic ring is 1. The predicted octanol–water partition coefficient (Wildman–Crippen LogP) is 3.66. The number of hydrogen-bond donors (Lipinski definition) is 2. The summed E-state index contributed by atoms with van der Waals surface area (Å²) in [6.07, 6.45) is 6.91. The SMILES string of the molecule is CCOc1cc(NCC2CCCCC2)ccc1N. The molecule has 3 nitrogen and oxygen atoms in total. The summed E-state index contributed by atoms with van der Waals surface area (Å²) in [7, 11) is 0. The summed E-state index contributed by atoms with van der Waals surface area (Å²) >= 11 is 0. The molecule has 0 atom stereocenters. The predicted molar refractivity (Wildman–Crippen MR) is 77.1 cm³/mol. The van der Waals surface area contributed by atoms with Gasteiger partial charge in [0.15, 0.2) is 0 Å². The summed E-state index contributed by atoms with van der Waals surface area (Å²) in [5, 5.41) is 3.50. The number of rotatable bonds is 5. The van der Waals surface area contributed by atoms with E-state index < -0.39 is 0 Å². The van der Waals surface area contributed by atoms with Crippen molar-refractivity contribution in [1.29, 1.82) is 0 Å². The lowest BCUT2D eigenvalue weighted by molar-refractivity contribution is 0.342. The summed E-state index contributed by atoms with van der Waals surface area (Å²) in [4.78, 5) is 0. The van der Waals surface area contributed by atoms with Gasteiger partial charge in [0, 0.05) is 18.3 Å². The summed E-state index contributed by atoms with van der Waals surface area (Å²) in [5.74, 6) is 1.61. The molecule has 1 aromatic carbocycles. The van der Waals surface area contributed by atoms with Crippen LogP contribution in [0.3, 0.4) is 0 Å². The van der Waals surface area contributed by atoms with E-state index in [0.29, 0.717) is 12.3 Å². The maximum absolute atomic E-state index is 5.86. The minimum atomic E-state index is 0.649. The highest BCUT2D eigenvalue weighted by Gasteiger charge is 2.13. The topological polar surface area (TPSA) is 47.3 Å². The van der Waals surface area contributed by atoms with Gasteiger partial charge in [0.2, 0.25) is 0 Å². The highest BCUT2D eigenvalue weighted by atomic mass is 16.5. The largest absolute Gasteiger partial charge is 0.492 e. The molecule has 2 rings (SSSR count). The molecule has 3 N–H and O–H groups in total. The molecule has 0 amide bonds. The van der Waals surface area contributed by atoms with Crippen molar-refractivity contribution in [2.45, 2.75) is 39.0 Å². The first-order valence-electron chi connectivity index (χ1n) is 7.05. The van der Waals surface area contributed by atoms with Gasteiger partial charge in [0.1, 0.15) is 5.75 Å². The van der Waals surface area contributed by atoms with Gasteiger partial charge >= 0.3 is 0 Å². The molecular formula is C15H24N2O. The van der Waals surface area contributed by atoms with Gasteiger partial charge in [-0.05, 0) is 37.8 Å². The van der Waals surface area contributed by atoms with Crippen molar-refractivity contribution in [3.8, 4) is 5.75 Å². The number of ether oxygens (including phenoxy) is 1. The number of nitrogens with two attached hydrogens (primary N) is 1. The molecule has 1 fully saturated rings. The Balaban J connectivity index is 1.90. The van der Waals surface area contributed by atoms with E-state index >= 15 is 0 Å². The van der Waals surface area contributed by atoms with Crippen molar-refractivity contribution in [3.05, 3.63) is 18.2 Å². The Hall–Kier alpha value is -1.38. The maximum Gasteiger partial charge on any atom is 0.144 e. The van der Waals surface area contributed by atoms with E-state index in [2.05, 4.69) is 5.32 Å². The third-order valence-electron chi connectivity index (χ3n) is 3.63. The Morgan fingerprint density at radius 3 is 2.78 bits per heavy atom. The quantitative estimate of drug-likeness (QED) is 0.782. The molecule has 1 aliphatic rings. The molecule has 1 aromatic rings. The van der Waals surface area contributed by atoms with Crippen molar-refractivity contribution in [2.75, 3.05) is 24.2 Å². The third kappa shape index (κ3) is 3.56. The molecular weight excluding hydrogens is 224 g/mol. The van der Waals surface area contributed by atoms with E-state index in [9.17, 15) is 0 Å². The zero-order valence-corrected chi connectivity index (χ0v) is 11.2. The van der Waals surface area contributed by atoms with Crippen LogP contribution in [0.2, 0.25) is 0 Å². The maximum atomic E-state index is 5.86. The number of hydrogen-bond acceptors (Lipinski definition) is 3. The molecule has 0 spiro atoms. The van der Waals surface area contributed by atoms with Crippen LogP contribution in [0, 0.1) is 5.92 Å². The first-order chi connectivity index (χ1) is 8.79. The minimum Gasteiger partial charge on any atom is -0.492 e. The number of benzene rings is 1. The van der Waals surface area contributed by atoms with Crippen molar-refractivity contribution >= 4 is 11.4 Å². The van der Waals surface area contributed by atoms with Crippen molar-refractivity contribution < 1.29 is 4.74 Å². The summed E-state index contributed by atoms with van der Waals surface area (Å²) < 4.78 is 5.50. The lowest BCUT2D eigenvalue weighted by atomic mass is 9.89. The Kier molecular flexibility index (Phi) is 4.73. The van der Waals surface area contributed by atoms with E-state index in [0.717, 1.165) is 23.9 Å². The van der Waals surface area contributed by atoms with Gasteiger partial charge in [0.25, 0.3) is 0 Å². The summed E-state index contributed by atoms with van der Waals surface area (Å²) in [5.41, 5.74) is 7.68. The lowest BCUT2D eigenvalue weighted by Gasteiger charge is -2.22. The van der Waals surface area contributed by atoms with E-state index in [1.165, 1.54) is 32.1 Å². The molecule has 0 bridgehead atoms. The fourth-order valence-corrected chi connectivity index (χ4v) is 2.58. The van der Waals surface area contributed by atoms with E-state index in [4.69, 9.17) is 10.5 Å². The molecule has 0 saturated heterocycles. The van der Waals surface area contributed by atoms with Crippen LogP contribution in [0.15, 0.2) is 18.2 Å². The van der Waals surface area contributed by atoms with Crippen LogP contribution in [0.4, 0.5) is 11.4 Å². The first-order valence-corrected chi connectivity index (χ1v) is 7.05. The normalized spacial score (nSPS) is 16.5. The Bertz CT molecular complexity index is 373. The fraction of sp³-hybridized carbons (Fsp3) is 0.600. The summed E-state index contributed by atoms with van der Waals surface area (Å²) in [6.45, 7) is 3.69. The Morgan fingerprint density at radius 1 is 1.28 bits per heavy atom. The standard InChI is InChI=1S/C15H24N2O/c1-2-18-15-10-13(8-9-14(15)16)17-11-12-6-4-3-5-7-12/h8-10,12,17H,2-7,11,16H2,1H3. The molecule has 1 aliphatic carbocycles. The monoisotopic (exact) mass is 248 g/mol. The first kappa shape index (κ1) is 13.1. The van der Waals surface area contributed by atoms with Crippen molar-refractivity contribution in [3.63, 3.8) is 0 Å². The van der Waals surface area contributed by atoms with Crippen LogP contribution in [0.1, 0.15) is 39.0 Å². The van der Waals surface area contributed by atoms with Crippen LogP contribution in [0.25, 0.3) is 0 Å². The minimum absolute atomic E-state index is 0.649. The molecule has 0 aromatic heterocycles. The van der Waals surface area contributed by atoms with Crippen molar-refractivity contribution in [1.82, 2.24) is 0 Å². The molecule has 0 heterocycles. The molecule has 1 saturated carbocycles. The van der Waals surface area contributed by atoms with Gasteiger partial charge in [-0.1, -0.05) is 19.3 Å². The molecule has 0 unspecified atom stereocenters. The molecule has 100 valence electrons. The van der Waals surface area contributed by atoms with Crippen LogP contribution in [-0.4, -0.2) is 13.2 Å². The van der Waals surface area contributed by atoms with Gasteiger partial charge in [-0.3, -0.25) is 0 Å². The van der Waals surface area contributed by atoms with Gasteiger partial charge in [-0.2, -0.15) is 0 Å². The molecule has 0 aliphatic heterocycles. The highest BCUT2D eigenvalue weighted by Crippen LogP contribution is 2.27. The van der Waals surface area contributed by atoms with Crippen LogP contribution in [0.5, 0.6) is 5.75 Å². The van der Waals surface area contributed by atoms with Gasteiger partial charge in [0.05, 0.1) is 12.3 Å². The van der Waals surface area contributed by atoms with Crippen LogP contribution >= 0.6 is 0 Å². The average molecular weight is 248 g/mol. The smallest absolute Gasteiger partial charge is 0.144 e. The van der Waals surface area contributed by atoms with E-state index in [1.54, 1.807) is 0 Å². The van der Waals surface area contributed by atoms with Gasteiger partial charge < -0.3 is 15.8 Å². The second kappa shape index (κ2) is 6.53. The van der Waals surface area contributed by atoms with E-state index in [-0.39, 0.29) is 0 Å². The van der Waals surface area contributed by atoms with Gasteiger partial charge in [-0.25, -0.2) is 0 Å². The second-order valence-corrected chi connectivity index (χ2v) is 5.07. The summed E-state index contributed by atoms with van der Waals surface area (Å²) in [6, 6.07) is 5.94. The number of nitrogens with one attached hydrogen (secondary N) is 1. The average Bonchev–Trinajstić information content (AvgIpc) is 2.41. The Labute approximate surface area is 110 Å². The molecule has 18 heavy (non-hydrogen) atoms. The molecule has 3 heteroatoms. The highest BCUT2D eigenvalue weighted by molar-refractivity contribution is 5.61. The fourth-order valence-electron chi connectivity index (χ4n) is 2.58. The van der Waals surface area contributed by atoms with Gasteiger partial charge in [-0.15, -0.1) is 0 Å². The Morgan fingerprint density at radius 2 is 2.06 bits per heavy atom. The second-order valence-electron chi connectivity index (χ2n) is 5.07.